The number of benzene rings is 1. The fourth-order valence-electron chi connectivity index (χ4n) is 3.66. The number of aromatic nitrogens is 4. The molecule has 1 aliphatic heterocycles. The molecule has 1 saturated heterocycles. The highest BCUT2D eigenvalue weighted by Crippen LogP contribution is 2.29. The zero-order valence-corrected chi connectivity index (χ0v) is 18.3. The molecule has 2 atom stereocenters. The Balaban J connectivity index is 1.49. The second-order valence-electron chi connectivity index (χ2n) is 7.39. The molecule has 2 aromatic heterocycles. The van der Waals surface area contributed by atoms with Crippen molar-refractivity contribution in [3.8, 4) is 11.6 Å². The summed E-state index contributed by atoms with van der Waals surface area (Å²) in [6.07, 6.45) is 4.24. The first-order valence-electron chi connectivity index (χ1n) is 10.1. The lowest BCUT2D eigenvalue weighted by Crippen LogP contribution is -2.45. The Bertz CT molecular complexity index is 1160. The van der Waals surface area contributed by atoms with E-state index in [0.717, 1.165) is 24.3 Å². The van der Waals surface area contributed by atoms with E-state index in [1.165, 1.54) is 0 Å². The Morgan fingerprint density at radius 2 is 1.94 bits per heavy atom. The summed E-state index contributed by atoms with van der Waals surface area (Å²) in [5, 5.41) is 0. The summed E-state index contributed by atoms with van der Waals surface area (Å²) in [6.45, 7) is 0.881. The third-order valence-corrected chi connectivity index (χ3v) is 5.84. The van der Waals surface area contributed by atoms with Crippen LogP contribution in [0.4, 0.5) is 24.7 Å². The maximum atomic E-state index is 13.1. The molecule has 3 aromatic rings. The molecule has 0 bridgehead atoms. The van der Waals surface area contributed by atoms with E-state index in [2.05, 4.69) is 19.7 Å². The van der Waals surface area contributed by atoms with Crippen molar-refractivity contribution in [3.63, 3.8) is 0 Å². The van der Waals surface area contributed by atoms with Crippen molar-refractivity contribution < 1.29 is 31.5 Å². The van der Waals surface area contributed by atoms with Crippen molar-refractivity contribution in [3.05, 3.63) is 55.4 Å². The Kier molecular flexibility index (Phi) is 6.79. The minimum Gasteiger partial charge on any atom is -0.406 e. The molecule has 1 N–H and O–H groups in total. The Hall–Kier alpha value is -3.52. The van der Waals surface area contributed by atoms with Gasteiger partial charge in [-0.1, -0.05) is 0 Å². The number of amides is 1. The molecule has 0 spiro atoms. The highest BCUT2D eigenvalue weighted by atomic mass is 32.2. The van der Waals surface area contributed by atoms with Crippen molar-refractivity contribution in [2.75, 3.05) is 22.3 Å². The number of anilines is 2. The number of hydrogen-bond acceptors (Lipinski definition) is 7. The van der Waals surface area contributed by atoms with Gasteiger partial charge in [-0.15, -0.1) is 13.2 Å². The van der Waals surface area contributed by atoms with Crippen molar-refractivity contribution in [1.82, 2.24) is 19.5 Å². The standard InChI is InChI=1S/C20H19F3N6O4S/c21-20(22,23)33-16-5-3-15(4-6-16)29(34(31)32)19(30)14-2-1-9-27(11-14)18-12-28(13-26-18)17-10-24-7-8-25-17/h3-8,10,12-14H,1-2,9,11H2,(H,31,32)/t14-/m1/s1. The van der Waals surface area contributed by atoms with Crippen LogP contribution in [0.15, 0.2) is 55.4 Å². The molecule has 0 aliphatic carbocycles. The second-order valence-corrected chi connectivity index (χ2v) is 8.22. The van der Waals surface area contributed by atoms with Crippen molar-refractivity contribution in [2.24, 2.45) is 5.92 Å². The maximum absolute atomic E-state index is 13.1. The summed E-state index contributed by atoms with van der Waals surface area (Å²) in [4.78, 5) is 27.6. The molecule has 10 nitrogen and oxygen atoms in total. The van der Waals surface area contributed by atoms with Gasteiger partial charge in [0.2, 0.25) is 5.91 Å². The highest BCUT2D eigenvalue weighted by molar-refractivity contribution is 7.81. The van der Waals surface area contributed by atoms with E-state index in [4.69, 9.17) is 0 Å². The quantitative estimate of drug-likeness (QED) is 0.519. The molecule has 34 heavy (non-hydrogen) atoms. The molecule has 4 rings (SSSR count). The molecular weight excluding hydrogens is 477 g/mol. The van der Waals surface area contributed by atoms with Gasteiger partial charge >= 0.3 is 6.36 Å². The van der Waals surface area contributed by atoms with Crippen LogP contribution >= 0.6 is 0 Å². The van der Waals surface area contributed by atoms with E-state index in [0.29, 0.717) is 35.3 Å². The minimum absolute atomic E-state index is 0.0237. The summed E-state index contributed by atoms with van der Waals surface area (Å²) in [7, 11) is 0. The number of halogens is 3. The lowest BCUT2D eigenvalue weighted by molar-refractivity contribution is -0.274. The van der Waals surface area contributed by atoms with Crippen LogP contribution in [-0.2, 0) is 16.1 Å². The van der Waals surface area contributed by atoms with Crippen molar-refractivity contribution in [2.45, 2.75) is 19.2 Å². The van der Waals surface area contributed by atoms with Gasteiger partial charge in [-0.2, -0.15) is 0 Å². The summed E-state index contributed by atoms with van der Waals surface area (Å²) < 4.78 is 65.0. The summed E-state index contributed by atoms with van der Waals surface area (Å²) >= 11 is -2.72. The molecule has 3 heterocycles. The fourth-order valence-corrected chi connectivity index (χ4v) is 4.26. The molecule has 1 fully saturated rings. The molecule has 1 aliphatic rings. The van der Waals surface area contributed by atoms with Crippen molar-refractivity contribution >= 4 is 28.7 Å². The van der Waals surface area contributed by atoms with E-state index >= 15 is 0 Å². The number of rotatable bonds is 6. The lowest BCUT2D eigenvalue weighted by atomic mass is 9.97. The molecular formula is C20H19F3N6O4S. The Labute approximate surface area is 194 Å². The molecule has 0 saturated carbocycles. The lowest BCUT2D eigenvalue weighted by Gasteiger charge is -2.33. The maximum Gasteiger partial charge on any atom is 0.573 e. The third kappa shape index (κ3) is 5.51. The number of ether oxygens (including phenoxy) is 1. The molecule has 0 radical (unpaired) electrons. The van der Waals surface area contributed by atoms with E-state index in [-0.39, 0.29) is 12.2 Å². The number of carbonyl (C=O) groups excluding carboxylic acids is 1. The van der Waals surface area contributed by atoms with E-state index in [9.17, 15) is 26.7 Å². The summed E-state index contributed by atoms with van der Waals surface area (Å²) in [5.74, 6) is -0.574. The number of piperidine rings is 1. The topological polar surface area (TPSA) is 114 Å². The molecule has 180 valence electrons. The number of nitrogens with zero attached hydrogens (tertiary/aromatic N) is 6. The molecule has 14 heteroatoms. The van der Waals surface area contributed by atoms with Crippen LogP contribution in [-0.4, -0.2) is 53.6 Å². The van der Waals surface area contributed by atoms with Crippen LogP contribution in [0.5, 0.6) is 5.75 Å². The van der Waals surface area contributed by atoms with Crippen LogP contribution in [0.2, 0.25) is 0 Å². The average molecular weight is 496 g/mol. The fraction of sp³-hybridized carbons (Fsp3) is 0.300. The highest BCUT2D eigenvalue weighted by Gasteiger charge is 2.34. The Morgan fingerprint density at radius 3 is 2.59 bits per heavy atom. The zero-order chi connectivity index (χ0) is 24.3. The predicted molar refractivity (Wildman–Crippen MR) is 115 cm³/mol. The average Bonchev–Trinajstić information content (AvgIpc) is 3.30. The van der Waals surface area contributed by atoms with Gasteiger partial charge in [0.25, 0.3) is 11.3 Å². The SMILES string of the molecule is O=C([C@@H]1CCCN(c2cn(-c3cnccn3)cn2)C1)N(c1ccc(OC(F)(F)F)cc1)S(=O)O. The normalized spacial score (nSPS) is 17.3. The van der Waals surface area contributed by atoms with Gasteiger partial charge < -0.3 is 9.64 Å². The van der Waals surface area contributed by atoms with E-state index < -0.39 is 35.2 Å². The first kappa shape index (κ1) is 23.6. The van der Waals surface area contributed by atoms with Crippen LogP contribution in [0.25, 0.3) is 5.82 Å². The van der Waals surface area contributed by atoms with Gasteiger partial charge in [-0.3, -0.25) is 18.9 Å². The van der Waals surface area contributed by atoms with Crippen LogP contribution in [0, 0.1) is 5.92 Å². The summed E-state index contributed by atoms with van der Waals surface area (Å²) in [6, 6.07) is 4.19. The van der Waals surface area contributed by atoms with Gasteiger partial charge in [0, 0.05) is 25.5 Å². The molecule has 1 amide bonds. The smallest absolute Gasteiger partial charge is 0.406 e. The first-order valence-corrected chi connectivity index (χ1v) is 11.1. The second kappa shape index (κ2) is 9.77. The Morgan fingerprint density at radius 1 is 1.18 bits per heavy atom. The molecule has 1 aromatic carbocycles. The van der Waals surface area contributed by atoms with Gasteiger partial charge in [-0.05, 0) is 37.1 Å². The predicted octanol–water partition coefficient (Wildman–Crippen LogP) is 2.95. The van der Waals surface area contributed by atoms with Gasteiger partial charge in [0.15, 0.2) is 5.82 Å². The van der Waals surface area contributed by atoms with Crippen LogP contribution in [0.3, 0.4) is 0 Å². The number of hydrogen-bond donors (Lipinski definition) is 1. The number of imidazole rings is 1. The third-order valence-electron chi connectivity index (χ3n) is 5.14. The van der Waals surface area contributed by atoms with Gasteiger partial charge in [-0.25, -0.2) is 18.5 Å². The monoisotopic (exact) mass is 496 g/mol. The molecule has 1 unspecified atom stereocenters. The number of carbonyl (C=O) groups is 1. The van der Waals surface area contributed by atoms with Crippen LogP contribution in [0.1, 0.15) is 12.8 Å². The van der Waals surface area contributed by atoms with Gasteiger partial charge in [0.1, 0.15) is 17.9 Å². The van der Waals surface area contributed by atoms with E-state index in [1.807, 2.05) is 4.90 Å². The van der Waals surface area contributed by atoms with Crippen molar-refractivity contribution in [1.29, 1.82) is 0 Å². The zero-order valence-electron chi connectivity index (χ0n) is 17.5. The summed E-state index contributed by atoms with van der Waals surface area (Å²) in [5.41, 5.74) is -0.0237. The largest absolute Gasteiger partial charge is 0.573 e. The van der Waals surface area contributed by atoms with Crippen LogP contribution < -0.4 is 13.9 Å². The van der Waals surface area contributed by atoms with Gasteiger partial charge in [0.05, 0.1) is 24.0 Å². The minimum atomic E-state index is -4.87. The first-order chi connectivity index (χ1) is 16.2. The number of alkyl halides is 3. The van der Waals surface area contributed by atoms with E-state index in [1.54, 1.807) is 35.7 Å².